The molecular formula is C30H24Si. The molecule has 0 radical (unpaired) electrons. The third-order valence-corrected chi connectivity index (χ3v) is 10.3. The van der Waals surface area contributed by atoms with Crippen LogP contribution in [0.1, 0.15) is 11.1 Å². The molecule has 0 fully saturated rings. The largest absolute Gasteiger partial charge is 0.173 e. The summed E-state index contributed by atoms with van der Waals surface area (Å²) in [6.07, 6.45) is 10.4. The summed E-state index contributed by atoms with van der Waals surface area (Å²) in [5.74, 6) is 0. The fourth-order valence-electron chi connectivity index (χ4n) is 4.48. The normalized spacial score (nSPS) is 14.0. The highest BCUT2D eigenvalue weighted by molar-refractivity contribution is 7.20. The summed E-state index contributed by atoms with van der Waals surface area (Å²) in [5, 5.41) is 4.32. The van der Waals surface area contributed by atoms with E-state index in [2.05, 4.69) is 146 Å². The van der Waals surface area contributed by atoms with Crippen molar-refractivity contribution in [2.45, 2.75) is 0 Å². The topological polar surface area (TPSA) is 0 Å². The van der Waals surface area contributed by atoms with E-state index in [1.54, 1.807) is 0 Å². The second-order valence-electron chi connectivity index (χ2n) is 7.39. The van der Waals surface area contributed by atoms with E-state index in [4.69, 9.17) is 0 Å². The highest BCUT2D eigenvalue weighted by Crippen LogP contribution is 2.40. The molecule has 0 N–H and O–H groups in total. The van der Waals surface area contributed by atoms with E-state index >= 15 is 0 Å². The van der Waals surface area contributed by atoms with Gasteiger partial charge in [-0.25, -0.2) is 0 Å². The van der Waals surface area contributed by atoms with Crippen LogP contribution < -0.4 is 10.4 Å². The quantitative estimate of drug-likeness (QED) is 0.295. The molecule has 5 rings (SSSR count). The first-order valence-corrected chi connectivity index (χ1v) is 12.5. The Labute approximate surface area is 186 Å². The van der Waals surface area contributed by atoms with E-state index in [0.29, 0.717) is 0 Å². The van der Waals surface area contributed by atoms with Crippen molar-refractivity contribution in [1.82, 2.24) is 0 Å². The number of hydrogen-bond donors (Lipinski definition) is 0. The van der Waals surface area contributed by atoms with Gasteiger partial charge in [0.1, 0.15) is 0 Å². The standard InChI is InChI=1S/C28H22Si.C2H2/c1-5-13-23(14-6-1)27-21-22-29(25-17-9-3-10-18-25,26-19-11-4-12-20-26)28(27)24-15-7-2-8-16-24;1-2/h1-22H;1-2H. The van der Waals surface area contributed by atoms with Gasteiger partial charge in [0, 0.05) is 0 Å². The SMILES string of the molecule is C#C.C1=C[Si](c2ccccc2)(c2ccccc2)C(c2ccccc2)=C1c1ccccc1. The Kier molecular flexibility index (Phi) is 6.12. The highest BCUT2D eigenvalue weighted by atomic mass is 28.3. The van der Waals surface area contributed by atoms with E-state index < -0.39 is 8.07 Å². The molecule has 0 saturated carbocycles. The first-order valence-electron chi connectivity index (χ1n) is 10.4. The Bertz CT molecular complexity index is 1160. The number of allylic oxidation sites excluding steroid dienone is 2. The highest BCUT2D eigenvalue weighted by Gasteiger charge is 2.43. The van der Waals surface area contributed by atoms with Gasteiger partial charge in [-0.2, -0.15) is 0 Å². The lowest BCUT2D eigenvalue weighted by molar-refractivity contribution is 1.61. The summed E-state index contributed by atoms with van der Waals surface area (Å²) < 4.78 is 0. The molecule has 31 heavy (non-hydrogen) atoms. The van der Waals surface area contributed by atoms with Crippen LogP contribution in [-0.4, -0.2) is 8.07 Å². The number of hydrogen-bond acceptors (Lipinski definition) is 0. The van der Waals surface area contributed by atoms with Crippen LogP contribution in [0.25, 0.3) is 10.8 Å². The zero-order valence-electron chi connectivity index (χ0n) is 17.4. The summed E-state index contributed by atoms with van der Waals surface area (Å²) in [4.78, 5) is 0. The van der Waals surface area contributed by atoms with Gasteiger partial charge in [0.2, 0.25) is 0 Å². The summed E-state index contributed by atoms with van der Waals surface area (Å²) in [6.45, 7) is 0. The van der Waals surface area contributed by atoms with Crippen molar-refractivity contribution in [3.05, 3.63) is 144 Å². The lowest BCUT2D eigenvalue weighted by Gasteiger charge is -2.31. The second kappa shape index (κ2) is 9.30. The Hall–Kier alpha value is -3.86. The minimum Gasteiger partial charge on any atom is -0.124 e. The van der Waals surface area contributed by atoms with E-state index in [0.717, 1.165) is 0 Å². The van der Waals surface area contributed by atoms with Gasteiger partial charge < -0.3 is 0 Å². The fraction of sp³-hybridized carbons (Fsp3) is 0. The van der Waals surface area contributed by atoms with Crippen LogP contribution in [0, 0.1) is 12.8 Å². The fourth-order valence-corrected chi connectivity index (χ4v) is 9.07. The smallest absolute Gasteiger partial charge is 0.124 e. The van der Waals surface area contributed by atoms with Crippen molar-refractivity contribution in [1.29, 1.82) is 0 Å². The predicted octanol–water partition coefficient (Wildman–Crippen LogP) is 5.76. The average Bonchev–Trinajstić information content (AvgIpc) is 3.29. The van der Waals surface area contributed by atoms with Crippen molar-refractivity contribution in [2.24, 2.45) is 0 Å². The molecule has 0 atom stereocenters. The van der Waals surface area contributed by atoms with Crippen LogP contribution in [0.5, 0.6) is 0 Å². The van der Waals surface area contributed by atoms with Crippen LogP contribution in [-0.2, 0) is 0 Å². The third kappa shape index (κ3) is 3.70. The molecule has 0 aromatic heterocycles. The molecule has 0 saturated heterocycles. The molecule has 1 heteroatoms. The molecular weight excluding hydrogens is 388 g/mol. The molecule has 4 aromatic rings. The van der Waals surface area contributed by atoms with Gasteiger partial charge in [0.15, 0.2) is 8.07 Å². The van der Waals surface area contributed by atoms with Crippen LogP contribution in [0.2, 0.25) is 0 Å². The predicted molar refractivity (Wildman–Crippen MR) is 137 cm³/mol. The van der Waals surface area contributed by atoms with Gasteiger partial charge in [0.25, 0.3) is 0 Å². The molecule has 0 bridgehead atoms. The van der Waals surface area contributed by atoms with Gasteiger partial charge >= 0.3 is 0 Å². The summed E-state index contributed by atoms with van der Waals surface area (Å²) in [5.41, 5.74) is 6.46. The van der Waals surface area contributed by atoms with Crippen molar-refractivity contribution >= 4 is 29.2 Å². The number of rotatable bonds is 4. The summed E-state index contributed by atoms with van der Waals surface area (Å²) in [7, 11) is -2.30. The van der Waals surface area contributed by atoms with Crippen molar-refractivity contribution in [2.75, 3.05) is 0 Å². The van der Waals surface area contributed by atoms with Gasteiger partial charge in [-0.05, 0) is 32.3 Å². The van der Waals surface area contributed by atoms with Crippen molar-refractivity contribution in [3.8, 4) is 12.8 Å². The molecule has 1 aliphatic heterocycles. The van der Waals surface area contributed by atoms with Crippen molar-refractivity contribution in [3.63, 3.8) is 0 Å². The first-order chi connectivity index (χ1) is 15.4. The zero-order chi connectivity index (χ0) is 21.5. The summed E-state index contributed by atoms with van der Waals surface area (Å²) in [6, 6.07) is 43.9. The van der Waals surface area contributed by atoms with E-state index in [-0.39, 0.29) is 0 Å². The Morgan fingerprint density at radius 1 is 0.452 bits per heavy atom. The maximum atomic E-state index is 4.00. The first kappa shape index (κ1) is 20.4. The lowest BCUT2D eigenvalue weighted by atomic mass is 10.0. The lowest BCUT2D eigenvalue weighted by Crippen LogP contribution is -2.57. The van der Waals surface area contributed by atoms with Crippen LogP contribution in [0.4, 0.5) is 0 Å². The average molecular weight is 413 g/mol. The molecule has 1 aliphatic rings. The molecule has 148 valence electrons. The van der Waals surface area contributed by atoms with Gasteiger partial charge in [0.05, 0.1) is 0 Å². The molecule has 0 spiro atoms. The van der Waals surface area contributed by atoms with E-state index in [9.17, 15) is 0 Å². The van der Waals surface area contributed by atoms with Gasteiger partial charge in [-0.15, -0.1) is 12.8 Å². The zero-order valence-corrected chi connectivity index (χ0v) is 18.4. The Balaban J connectivity index is 0.00000112. The van der Waals surface area contributed by atoms with Gasteiger partial charge in [-0.1, -0.05) is 133 Å². The molecule has 0 aliphatic carbocycles. The number of terminal acetylenes is 1. The molecule has 0 amide bonds. The van der Waals surface area contributed by atoms with E-state index in [1.165, 1.54) is 32.3 Å². The van der Waals surface area contributed by atoms with Crippen LogP contribution in [0.15, 0.2) is 133 Å². The minimum atomic E-state index is -2.30. The number of benzene rings is 4. The van der Waals surface area contributed by atoms with Crippen molar-refractivity contribution < 1.29 is 0 Å². The monoisotopic (exact) mass is 412 g/mol. The molecule has 4 aromatic carbocycles. The second-order valence-corrected chi connectivity index (χ2v) is 11.0. The molecule has 0 unspecified atom stereocenters. The minimum absolute atomic E-state index is 1.28. The Morgan fingerprint density at radius 3 is 1.29 bits per heavy atom. The summed E-state index contributed by atoms with van der Waals surface area (Å²) >= 11 is 0. The van der Waals surface area contributed by atoms with Gasteiger partial charge in [-0.3, -0.25) is 0 Å². The van der Waals surface area contributed by atoms with Crippen LogP contribution in [0.3, 0.4) is 0 Å². The van der Waals surface area contributed by atoms with E-state index in [1.807, 2.05) is 0 Å². The van der Waals surface area contributed by atoms with Crippen LogP contribution >= 0.6 is 0 Å². The maximum absolute atomic E-state index is 4.00. The maximum Gasteiger partial charge on any atom is 0.173 e. The molecule has 1 heterocycles. The Morgan fingerprint density at radius 2 is 0.839 bits per heavy atom. The third-order valence-electron chi connectivity index (χ3n) is 5.77. The molecule has 0 nitrogen and oxygen atoms in total.